The summed E-state index contributed by atoms with van der Waals surface area (Å²) >= 11 is 0. The van der Waals surface area contributed by atoms with Gasteiger partial charge in [-0.2, -0.15) is 4.79 Å². The van der Waals surface area contributed by atoms with E-state index in [1.54, 1.807) is 13.8 Å². The van der Waals surface area contributed by atoms with E-state index in [-0.39, 0.29) is 24.5 Å². The Morgan fingerprint density at radius 3 is 2.35 bits per heavy atom. The van der Waals surface area contributed by atoms with Gasteiger partial charge in [-0.15, -0.1) is 0 Å². The molecular formula is C11H14N3O5P. The lowest BCUT2D eigenvalue weighted by Crippen LogP contribution is -2.12. The average molecular weight is 299 g/mol. The van der Waals surface area contributed by atoms with Crippen LogP contribution in [0.15, 0.2) is 24.3 Å². The molecule has 1 rings (SSSR count). The van der Waals surface area contributed by atoms with Crippen molar-refractivity contribution in [2.45, 2.75) is 13.8 Å². The molecule has 0 radical (unpaired) electrons. The van der Waals surface area contributed by atoms with Crippen molar-refractivity contribution >= 4 is 18.7 Å². The van der Waals surface area contributed by atoms with Gasteiger partial charge in [0.1, 0.15) is 0 Å². The Bertz CT molecular complexity index is 587. The molecule has 0 bridgehead atoms. The monoisotopic (exact) mass is 299 g/mol. The molecule has 0 aromatic heterocycles. The number of hydrogen-bond donors (Lipinski definition) is 0. The predicted octanol–water partition coefficient (Wildman–Crippen LogP) is 2.84. The molecule has 0 unspecified atom stereocenters. The molecule has 0 heterocycles. The van der Waals surface area contributed by atoms with Crippen LogP contribution in [-0.2, 0) is 13.6 Å². The third-order valence-electron chi connectivity index (χ3n) is 2.29. The second kappa shape index (κ2) is 7.07. The van der Waals surface area contributed by atoms with Gasteiger partial charge in [0.25, 0.3) is 5.69 Å². The molecule has 1 aromatic carbocycles. The predicted molar refractivity (Wildman–Crippen MR) is 71.7 cm³/mol. The van der Waals surface area contributed by atoms with E-state index in [1.165, 1.54) is 24.3 Å². The maximum atomic E-state index is 12.6. The van der Waals surface area contributed by atoms with Gasteiger partial charge in [0.2, 0.25) is 0 Å². The molecule has 0 saturated heterocycles. The van der Waals surface area contributed by atoms with Crippen LogP contribution in [-0.4, -0.2) is 28.4 Å². The van der Waals surface area contributed by atoms with Crippen LogP contribution in [0.1, 0.15) is 19.4 Å². The average Bonchev–Trinajstić information content (AvgIpc) is 2.40. The SMILES string of the molecule is CCOP(=O)(OCC)C(=[N+]=[N-])c1ccccc1[N+](=O)[O-]. The van der Waals surface area contributed by atoms with Crippen LogP contribution in [0.25, 0.3) is 5.53 Å². The smallest absolute Gasteiger partial charge is 0.360 e. The van der Waals surface area contributed by atoms with Crippen molar-refractivity contribution in [3.8, 4) is 0 Å². The van der Waals surface area contributed by atoms with E-state index in [0.717, 1.165) is 0 Å². The van der Waals surface area contributed by atoms with E-state index in [0.29, 0.717) is 0 Å². The summed E-state index contributed by atoms with van der Waals surface area (Å²) in [6.07, 6.45) is 0. The molecule has 1 aromatic rings. The first-order valence-electron chi connectivity index (χ1n) is 5.85. The molecule has 0 N–H and O–H groups in total. The van der Waals surface area contributed by atoms with Crippen LogP contribution in [0, 0.1) is 10.1 Å². The summed E-state index contributed by atoms with van der Waals surface area (Å²) in [6, 6.07) is 5.47. The maximum Gasteiger partial charge on any atom is 0.443 e. The molecule has 0 aliphatic carbocycles. The number of benzene rings is 1. The third kappa shape index (κ3) is 3.37. The van der Waals surface area contributed by atoms with Crippen molar-refractivity contribution < 1.29 is 23.3 Å². The summed E-state index contributed by atoms with van der Waals surface area (Å²) in [5.41, 5.74) is 8.18. The number of nitrogens with zero attached hydrogens (tertiary/aromatic N) is 3. The van der Waals surface area contributed by atoms with Gasteiger partial charge in [-0.1, -0.05) is 12.1 Å². The molecule has 8 nitrogen and oxygen atoms in total. The summed E-state index contributed by atoms with van der Waals surface area (Å²) in [5.74, 6) is 0. The van der Waals surface area contributed by atoms with Crippen molar-refractivity contribution in [2.24, 2.45) is 0 Å². The molecule has 20 heavy (non-hydrogen) atoms. The van der Waals surface area contributed by atoms with E-state index >= 15 is 0 Å². The first-order chi connectivity index (χ1) is 9.50. The van der Waals surface area contributed by atoms with Crippen LogP contribution < -0.4 is 0 Å². The largest absolute Gasteiger partial charge is 0.443 e. The van der Waals surface area contributed by atoms with Crippen molar-refractivity contribution in [3.63, 3.8) is 0 Å². The summed E-state index contributed by atoms with van der Waals surface area (Å²) in [4.78, 5) is 13.2. The maximum absolute atomic E-state index is 12.6. The Morgan fingerprint density at radius 1 is 1.35 bits per heavy atom. The van der Waals surface area contributed by atoms with Gasteiger partial charge in [0.15, 0.2) is 5.56 Å². The van der Waals surface area contributed by atoms with Gasteiger partial charge in [-0.3, -0.25) is 10.1 Å². The Balaban J connectivity index is 3.44. The zero-order chi connectivity index (χ0) is 15.2. The van der Waals surface area contributed by atoms with Crippen LogP contribution >= 0.6 is 7.60 Å². The summed E-state index contributed by atoms with van der Waals surface area (Å²) in [6.45, 7) is 3.24. The fraction of sp³-hybridized carbons (Fsp3) is 0.364. The zero-order valence-corrected chi connectivity index (χ0v) is 11.9. The molecule has 0 saturated carbocycles. The van der Waals surface area contributed by atoms with Crippen LogP contribution in [0.5, 0.6) is 0 Å². The second-order valence-electron chi connectivity index (χ2n) is 3.53. The fourth-order valence-corrected chi connectivity index (χ4v) is 3.17. The Labute approximate surface area is 115 Å². The van der Waals surface area contributed by atoms with Crippen molar-refractivity contribution in [3.05, 3.63) is 45.5 Å². The van der Waals surface area contributed by atoms with Gasteiger partial charge in [-0.05, 0) is 19.9 Å². The molecule has 0 fully saturated rings. The minimum absolute atomic E-state index is 0.0386. The van der Waals surface area contributed by atoms with E-state index in [9.17, 15) is 14.7 Å². The number of para-hydroxylation sites is 1. The highest BCUT2D eigenvalue weighted by atomic mass is 31.2. The van der Waals surface area contributed by atoms with Crippen molar-refractivity contribution in [1.82, 2.24) is 0 Å². The first kappa shape index (κ1) is 16.2. The van der Waals surface area contributed by atoms with E-state index < -0.39 is 18.0 Å². The molecule has 0 aliphatic rings. The molecule has 9 heteroatoms. The van der Waals surface area contributed by atoms with E-state index in [1.807, 2.05) is 0 Å². The van der Waals surface area contributed by atoms with Crippen LogP contribution in [0.4, 0.5) is 5.69 Å². The van der Waals surface area contributed by atoms with Crippen molar-refractivity contribution in [2.75, 3.05) is 13.2 Å². The lowest BCUT2D eigenvalue weighted by atomic mass is 10.2. The standard InChI is InChI=1S/C11H14N3O5P/c1-3-18-20(17,19-4-2)11(13-12)9-7-5-6-8-10(9)14(15)16/h5-8H,3-4H2,1-2H3. The normalized spacial score (nSPS) is 10.9. The summed E-state index contributed by atoms with van der Waals surface area (Å²) in [7, 11) is -3.92. The quantitative estimate of drug-likeness (QED) is 0.192. The van der Waals surface area contributed by atoms with Crippen LogP contribution in [0.2, 0.25) is 0 Å². The highest BCUT2D eigenvalue weighted by Gasteiger charge is 2.44. The number of hydrogen-bond acceptors (Lipinski definition) is 5. The Kier molecular flexibility index (Phi) is 5.73. The fourth-order valence-electron chi connectivity index (χ4n) is 1.58. The molecule has 0 spiro atoms. The summed E-state index contributed by atoms with van der Waals surface area (Å²) < 4.78 is 22.6. The first-order valence-corrected chi connectivity index (χ1v) is 7.40. The minimum atomic E-state index is -3.92. The lowest BCUT2D eigenvalue weighted by Gasteiger charge is -2.12. The zero-order valence-electron chi connectivity index (χ0n) is 11.1. The van der Waals surface area contributed by atoms with Crippen molar-refractivity contribution in [1.29, 1.82) is 0 Å². The van der Waals surface area contributed by atoms with Gasteiger partial charge >= 0.3 is 13.0 Å². The minimum Gasteiger partial charge on any atom is -0.360 e. The summed E-state index contributed by atoms with van der Waals surface area (Å²) in [5, 5.41) is 11.0. The topological polar surface area (TPSA) is 115 Å². The van der Waals surface area contributed by atoms with Gasteiger partial charge in [0, 0.05) is 6.07 Å². The molecule has 108 valence electrons. The molecule has 0 atom stereocenters. The number of nitro benzene ring substituents is 1. The Morgan fingerprint density at radius 2 is 1.90 bits per heavy atom. The highest BCUT2D eigenvalue weighted by Crippen LogP contribution is 2.51. The Hall–Kier alpha value is -1.85. The molecule has 0 amide bonds. The number of nitro groups is 1. The van der Waals surface area contributed by atoms with E-state index in [4.69, 9.17) is 14.6 Å². The third-order valence-corrected chi connectivity index (χ3v) is 4.34. The van der Waals surface area contributed by atoms with Gasteiger partial charge in [0.05, 0.1) is 18.1 Å². The lowest BCUT2D eigenvalue weighted by molar-refractivity contribution is -0.385. The van der Waals surface area contributed by atoms with Gasteiger partial charge in [-0.25, -0.2) is 4.57 Å². The molecule has 0 aliphatic heterocycles. The van der Waals surface area contributed by atoms with E-state index in [2.05, 4.69) is 4.79 Å². The molecular weight excluding hydrogens is 285 g/mol. The number of rotatable bonds is 7. The second-order valence-corrected chi connectivity index (χ2v) is 5.47. The van der Waals surface area contributed by atoms with Crippen LogP contribution in [0.3, 0.4) is 0 Å². The van der Waals surface area contributed by atoms with Gasteiger partial charge < -0.3 is 14.6 Å². The highest BCUT2D eigenvalue weighted by molar-refractivity contribution is 7.72.